The first kappa shape index (κ1) is 12.4. The topological polar surface area (TPSA) is 63.8 Å². The van der Waals surface area contributed by atoms with Crippen LogP contribution in [-0.2, 0) is 0 Å². The number of rotatable bonds is 5. The van der Waals surface area contributed by atoms with Crippen LogP contribution in [0.15, 0.2) is 36.8 Å². The number of benzene rings is 1. The van der Waals surface area contributed by atoms with Crippen molar-refractivity contribution in [2.75, 3.05) is 18.4 Å². The number of nitrogens with one attached hydrogen (secondary N) is 1. The van der Waals surface area contributed by atoms with Crippen molar-refractivity contribution in [3.05, 3.63) is 42.6 Å². The van der Waals surface area contributed by atoms with E-state index in [-0.39, 0.29) is 5.82 Å². The van der Waals surface area contributed by atoms with Gasteiger partial charge in [0, 0.05) is 12.1 Å². The summed E-state index contributed by atoms with van der Waals surface area (Å²) in [6.45, 7) is 1.36. The van der Waals surface area contributed by atoms with Crippen molar-refractivity contribution in [1.82, 2.24) is 9.97 Å². The van der Waals surface area contributed by atoms with Crippen molar-refractivity contribution < 1.29 is 4.39 Å². The van der Waals surface area contributed by atoms with Crippen LogP contribution < -0.4 is 11.1 Å². The van der Waals surface area contributed by atoms with Gasteiger partial charge in [-0.25, -0.2) is 14.4 Å². The van der Waals surface area contributed by atoms with Crippen LogP contribution in [0, 0.1) is 5.82 Å². The number of nitrogens with two attached hydrogens (primary N) is 1. The lowest BCUT2D eigenvalue weighted by molar-refractivity contribution is 0.628. The fraction of sp³-hybridized carbons (Fsp3) is 0.231. The molecule has 0 bridgehead atoms. The molecule has 4 nitrogen and oxygen atoms in total. The fourth-order valence-corrected chi connectivity index (χ4v) is 1.65. The van der Waals surface area contributed by atoms with Gasteiger partial charge >= 0.3 is 0 Å². The van der Waals surface area contributed by atoms with Crippen LogP contribution in [0.2, 0.25) is 0 Å². The Labute approximate surface area is 105 Å². The average Bonchev–Trinajstić information content (AvgIpc) is 2.40. The van der Waals surface area contributed by atoms with E-state index in [9.17, 15) is 4.39 Å². The van der Waals surface area contributed by atoms with Gasteiger partial charge in [0.1, 0.15) is 12.1 Å². The molecular weight excluding hydrogens is 231 g/mol. The summed E-state index contributed by atoms with van der Waals surface area (Å²) >= 11 is 0. The maximum atomic E-state index is 13.2. The van der Waals surface area contributed by atoms with Crippen molar-refractivity contribution in [3.8, 4) is 11.3 Å². The highest BCUT2D eigenvalue weighted by molar-refractivity contribution is 5.73. The summed E-state index contributed by atoms with van der Waals surface area (Å²) in [6.07, 6.45) is 4.00. The van der Waals surface area contributed by atoms with Gasteiger partial charge in [-0.1, -0.05) is 12.1 Å². The molecule has 0 aliphatic carbocycles. The maximum absolute atomic E-state index is 13.2. The Balaban J connectivity index is 2.27. The normalized spacial score (nSPS) is 10.3. The molecule has 94 valence electrons. The van der Waals surface area contributed by atoms with Crippen LogP contribution in [0.4, 0.5) is 10.1 Å². The zero-order chi connectivity index (χ0) is 12.8. The Hall–Kier alpha value is -2.01. The van der Waals surface area contributed by atoms with E-state index in [2.05, 4.69) is 15.3 Å². The molecule has 0 saturated heterocycles. The molecule has 0 fully saturated rings. The number of hydrogen-bond donors (Lipinski definition) is 2. The summed E-state index contributed by atoms with van der Waals surface area (Å²) < 4.78 is 13.2. The summed E-state index contributed by atoms with van der Waals surface area (Å²) in [4.78, 5) is 8.17. The number of aromatic nitrogens is 2. The minimum Gasteiger partial charge on any atom is -0.382 e. The second-order valence-corrected chi connectivity index (χ2v) is 3.86. The molecule has 0 saturated carbocycles. The first-order chi connectivity index (χ1) is 8.81. The molecule has 0 atom stereocenters. The summed E-state index contributed by atoms with van der Waals surface area (Å²) in [5.41, 5.74) is 7.65. The van der Waals surface area contributed by atoms with Crippen LogP contribution >= 0.6 is 0 Å². The van der Waals surface area contributed by atoms with Gasteiger partial charge in [0.15, 0.2) is 0 Å². The van der Waals surface area contributed by atoms with E-state index in [0.717, 1.165) is 24.2 Å². The fourth-order valence-electron chi connectivity index (χ4n) is 1.65. The lowest BCUT2D eigenvalue weighted by Gasteiger charge is -2.10. The molecule has 3 N–H and O–H groups in total. The highest BCUT2D eigenvalue weighted by atomic mass is 19.1. The maximum Gasteiger partial charge on any atom is 0.123 e. The van der Waals surface area contributed by atoms with Crippen molar-refractivity contribution >= 4 is 5.69 Å². The molecule has 1 heterocycles. The third-order valence-electron chi connectivity index (χ3n) is 2.51. The van der Waals surface area contributed by atoms with E-state index < -0.39 is 0 Å². The lowest BCUT2D eigenvalue weighted by atomic mass is 10.1. The molecule has 0 radical (unpaired) electrons. The molecule has 1 aromatic heterocycles. The second kappa shape index (κ2) is 6.07. The highest BCUT2D eigenvalue weighted by Crippen LogP contribution is 2.24. The highest BCUT2D eigenvalue weighted by Gasteiger charge is 2.07. The van der Waals surface area contributed by atoms with Crippen LogP contribution in [-0.4, -0.2) is 23.1 Å². The Bertz CT molecular complexity index is 516. The van der Waals surface area contributed by atoms with Crippen molar-refractivity contribution in [2.24, 2.45) is 5.73 Å². The Morgan fingerprint density at radius 1 is 1.33 bits per heavy atom. The van der Waals surface area contributed by atoms with Crippen LogP contribution in [0.3, 0.4) is 0 Å². The van der Waals surface area contributed by atoms with E-state index in [1.54, 1.807) is 12.3 Å². The summed E-state index contributed by atoms with van der Waals surface area (Å²) in [5.74, 6) is -0.279. The molecule has 0 amide bonds. The van der Waals surface area contributed by atoms with Gasteiger partial charge in [-0.05, 0) is 25.1 Å². The van der Waals surface area contributed by atoms with E-state index in [4.69, 9.17) is 5.73 Å². The van der Waals surface area contributed by atoms with Gasteiger partial charge in [0.2, 0.25) is 0 Å². The molecular formula is C13H15FN4. The first-order valence-corrected chi connectivity index (χ1v) is 5.81. The summed E-state index contributed by atoms with van der Waals surface area (Å²) in [6, 6.07) is 6.35. The standard InChI is InChI=1S/C13H15FN4/c14-11-4-1-3-10(7-11)13-12(8-16-9-18-13)17-6-2-5-15/h1,3-4,7-9,17H,2,5-6,15H2. The minimum atomic E-state index is -0.279. The predicted molar refractivity (Wildman–Crippen MR) is 69.6 cm³/mol. The molecule has 0 unspecified atom stereocenters. The van der Waals surface area contributed by atoms with Crippen molar-refractivity contribution in [1.29, 1.82) is 0 Å². The minimum absolute atomic E-state index is 0.279. The third-order valence-corrected chi connectivity index (χ3v) is 2.51. The number of halogens is 1. The molecule has 1 aromatic carbocycles. The first-order valence-electron chi connectivity index (χ1n) is 5.81. The second-order valence-electron chi connectivity index (χ2n) is 3.86. The van der Waals surface area contributed by atoms with Gasteiger partial charge in [-0.2, -0.15) is 0 Å². The zero-order valence-electron chi connectivity index (χ0n) is 9.94. The van der Waals surface area contributed by atoms with E-state index in [1.165, 1.54) is 18.5 Å². The van der Waals surface area contributed by atoms with E-state index in [0.29, 0.717) is 12.2 Å². The average molecular weight is 246 g/mol. The molecule has 0 aliphatic rings. The zero-order valence-corrected chi connectivity index (χ0v) is 9.94. The molecule has 18 heavy (non-hydrogen) atoms. The number of anilines is 1. The molecule has 0 spiro atoms. The largest absolute Gasteiger partial charge is 0.382 e. The predicted octanol–water partition coefficient (Wildman–Crippen LogP) is 2.04. The Morgan fingerprint density at radius 3 is 3.00 bits per heavy atom. The van der Waals surface area contributed by atoms with Crippen molar-refractivity contribution in [2.45, 2.75) is 6.42 Å². The third kappa shape index (κ3) is 3.01. The Kier molecular flexibility index (Phi) is 4.20. The molecule has 2 rings (SSSR count). The van der Waals surface area contributed by atoms with E-state index in [1.807, 2.05) is 6.07 Å². The van der Waals surface area contributed by atoms with E-state index >= 15 is 0 Å². The van der Waals surface area contributed by atoms with Crippen molar-refractivity contribution in [3.63, 3.8) is 0 Å². The number of nitrogens with zero attached hydrogens (tertiary/aromatic N) is 2. The smallest absolute Gasteiger partial charge is 0.123 e. The van der Waals surface area contributed by atoms with Gasteiger partial charge in [0.25, 0.3) is 0 Å². The van der Waals surface area contributed by atoms with Gasteiger partial charge in [-0.15, -0.1) is 0 Å². The van der Waals surface area contributed by atoms with Gasteiger partial charge in [0.05, 0.1) is 17.6 Å². The van der Waals surface area contributed by atoms with Crippen LogP contribution in [0.25, 0.3) is 11.3 Å². The monoisotopic (exact) mass is 246 g/mol. The van der Waals surface area contributed by atoms with Gasteiger partial charge in [-0.3, -0.25) is 0 Å². The quantitative estimate of drug-likeness (QED) is 0.792. The summed E-state index contributed by atoms with van der Waals surface area (Å²) in [5, 5.41) is 3.20. The van der Waals surface area contributed by atoms with Gasteiger partial charge < -0.3 is 11.1 Å². The SMILES string of the molecule is NCCCNc1cncnc1-c1cccc(F)c1. The molecule has 0 aliphatic heterocycles. The molecule has 2 aromatic rings. The summed E-state index contributed by atoms with van der Waals surface area (Å²) in [7, 11) is 0. The van der Waals surface area contributed by atoms with Crippen LogP contribution in [0.1, 0.15) is 6.42 Å². The Morgan fingerprint density at radius 2 is 2.22 bits per heavy atom. The molecule has 5 heteroatoms. The van der Waals surface area contributed by atoms with Crippen LogP contribution in [0.5, 0.6) is 0 Å². The lowest BCUT2D eigenvalue weighted by Crippen LogP contribution is -2.09. The number of hydrogen-bond acceptors (Lipinski definition) is 4.